The van der Waals surface area contributed by atoms with Crippen LogP contribution in [0.15, 0.2) is 48.5 Å². The predicted octanol–water partition coefficient (Wildman–Crippen LogP) is 2.28. The summed E-state index contributed by atoms with van der Waals surface area (Å²) in [5.74, 6) is -0.294. The minimum absolute atomic E-state index is 0.0359. The van der Waals surface area contributed by atoms with Gasteiger partial charge in [0.15, 0.2) is 0 Å². The van der Waals surface area contributed by atoms with Gasteiger partial charge < -0.3 is 15.7 Å². The van der Waals surface area contributed by atoms with Crippen LogP contribution in [-0.4, -0.2) is 18.3 Å². The van der Waals surface area contributed by atoms with Crippen molar-refractivity contribution in [3.05, 3.63) is 65.5 Å². The molecule has 0 radical (unpaired) electrons. The van der Waals surface area contributed by atoms with Gasteiger partial charge >= 0.3 is 0 Å². The number of halogens is 1. The number of anilines is 1. The van der Waals surface area contributed by atoms with Crippen molar-refractivity contribution in [1.82, 2.24) is 0 Å². The van der Waals surface area contributed by atoms with Crippen molar-refractivity contribution < 1.29 is 9.50 Å². The van der Waals surface area contributed by atoms with Crippen molar-refractivity contribution in [2.45, 2.75) is 13.1 Å². The summed E-state index contributed by atoms with van der Waals surface area (Å²) in [6.45, 7) is 1.44. The Morgan fingerprint density at radius 3 is 2.50 bits per heavy atom. The lowest BCUT2D eigenvalue weighted by Crippen LogP contribution is -2.27. The van der Waals surface area contributed by atoms with Gasteiger partial charge in [0.2, 0.25) is 0 Å². The Labute approximate surface area is 118 Å². The van der Waals surface area contributed by atoms with Crippen molar-refractivity contribution in [2.75, 3.05) is 18.1 Å². The van der Waals surface area contributed by atoms with Gasteiger partial charge in [-0.15, -0.1) is 0 Å². The third-order valence-corrected chi connectivity index (χ3v) is 3.19. The van der Waals surface area contributed by atoms with Gasteiger partial charge in [-0.25, -0.2) is 4.39 Å². The van der Waals surface area contributed by atoms with E-state index in [2.05, 4.69) is 0 Å². The number of benzene rings is 2. The molecule has 0 spiro atoms. The molecule has 0 aliphatic carbocycles. The molecule has 0 aromatic heterocycles. The van der Waals surface area contributed by atoms with E-state index in [1.54, 1.807) is 6.07 Å². The van der Waals surface area contributed by atoms with Crippen molar-refractivity contribution in [2.24, 2.45) is 5.73 Å². The molecule has 2 aromatic rings. The highest BCUT2D eigenvalue weighted by Crippen LogP contribution is 2.23. The molecule has 3 N–H and O–H groups in total. The Balaban J connectivity index is 2.28. The van der Waals surface area contributed by atoms with E-state index < -0.39 is 0 Å². The molecule has 20 heavy (non-hydrogen) atoms. The van der Waals surface area contributed by atoms with E-state index in [9.17, 15) is 9.50 Å². The van der Waals surface area contributed by atoms with Gasteiger partial charge in [-0.3, -0.25) is 0 Å². The highest BCUT2D eigenvalue weighted by molar-refractivity contribution is 5.54. The fourth-order valence-corrected chi connectivity index (χ4v) is 2.24. The zero-order valence-electron chi connectivity index (χ0n) is 11.3. The van der Waals surface area contributed by atoms with Crippen molar-refractivity contribution in [3.8, 4) is 0 Å². The lowest BCUT2D eigenvalue weighted by molar-refractivity contribution is 0.301. The van der Waals surface area contributed by atoms with Crippen molar-refractivity contribution in [1.29, 1.82) is 0 Å². The SMILES string of the molecule is NCc1cc(F)ccc1N(CCO)Cc1ccccc1. The number of hydrogen-bond acceptors (Lipinski definition) is 3. The van der Waals surface area contributed by atoms with Gasteiger partial charge in [0.25, 0.3) is 0 Å². The lowest BCUT2D eigenvalue weighted by Gasteiger charge is -2.26. The average molecular weight is 274 g/mol. The minimum Gasteiger partial charge on any atom is -0.395 e. The first-order chi connectivity index (χ1) is 9.74. The van der Waals surface area contributed by atoms with Crippen molar-refractivity contribution in [3.63, 3.8) is 0 Å². The topological polar surface area (TPSA) is 49.5 Å². The lowest BCUT2D eigenvalue weighted by atomic mass is 10.1. The van der Waals surface area contributed by atoms with Gasteiger partial charge in [-0.1, -0.05) is 30.3 Å². The van der Waals surface area contributed by atoms with Crippen LogP contribution in [0.5, 0.6) is 0 Å². The molecule has 0 bridgehead atoms. The van der Waals surface area contributed by atoms with Crippen LogP contribution in [-0.2, 0) is 13.1 Å². The molecule has 2 aromatic carbocycles. The van der Waals surface area contributed by atoms with Crippen LogP contribution in [0, 0.1) is 5.82 Å². The van der Waals surface area contributed by atoms with Crippen LogP contribution in [0.4, 0.5) is 10.1 Å². The molecule has 4 heteroatoms. The minimum atomic E-state index is -0.294. The summed E-state index contributed by atoms with van der Waals surface area (Å²) < 4.78 is 13.3. The van der Waals surface area contributed by atoms with E-state index in [4.69, 9.17) is 5.73 Å². The van der Waals surface area contributed by atoms with Crippen LogP contribution in [0.3, 0.4) is 0 Å². The summed E-state index contributed by atoms with van der Waals surface area (Å²) in [6.07, 6.45) is 0. The van der Waals surface area contributed by atoms with Gasteiger partial charge in [0, 0.05) is 25.3 Å². The van der Waals surface area contributed by atoms with Crippen LogP contribution >= 0.6 is 0 Å². The Bertz CT molecular complexity index is 545. The molecule has 0 fully saturated rings. The summed E-state index contributed by atoms with van der Waals surface area (Å²) in [5.41, 5.74) is 8.44. The highest BCUT2D eigenvalue weighted by Gasteiger charge is 2.11. The summed E-state index contributed by atoms with van der Waals surface area (Å²) in [6, 6.07) is 14.5. The van der Waals surface area contributed by atoms with Gasteiger partial charge in [-0.2, -0.15) is 0 Å². The summed E-state index contributed by atoms with van der Waals surface area (Å²) in [7, 11) is 0. The number of nitrogens with zero attached hydrogens (tertiary/aromatic N) is 1. The van der Waals surface area contributed by atoms with E-state index in [-0.39, 0.29) is 19.0 Å². The molecule has 0 saturated carbocycles. The molecular weight excluding hydrogens is 255 g/mol. The molecule has 3 nitrogen and oxygen atoms in total. The molecule has 0 atom stereocenters. The Morgan fingerprint density at radius 2 is 1.85 bits per heavy atom. The van der Waals surface area contributed by atoms with Gasteiger partial charge in [0.05, 0.1) is 6.61 Å². The van der Waals surface area contributed by atoms with Gasteiger partial charge in [0.1, 0.15) is 5.82 Å². The fourth-order valence-electron chi connectivity index (χ4n) is 2.24. The molecule has 0 aliphatic rings. The number of nitrogens with two attached hydrogens (primary N) is 1. The van der Waals surface area contributed by atoms with E-state index in [0.717, 1.165) is 16.8 Å². The first-order valence-corrected chi connectivity index (χ1v) is 6.63. The average Bonchev–Trinajstić information content (AvgIpc) is 2.48. The normalized spacial score (nSPS) is 10.6. The van der Waals surface area contributed by atoms with Crippen LogP contribution in [0.25, 0.3) is 0 Å². The summed E-state index contributed by atoms with van der Waals surface area (Å²) >= 11 is 0. The van der Waals surface area contributed by atoms with Crippen LogP contribution in [0.2, 0.25) is 0 Å². The van der Waals surface area contributed by atoms with E-state index in [1.807, 2.05) is 35.2 Å². The van der Waals surface area contributed by atoms with E-state index in [1.165, 1.54) is 12.1 Å². The number of aliphatic hydroxyl groups excluding tert-OH is 1. The number of hydrogen-bond donors (Lipinski definition) is 2. The van der Waals surface area contributed by atoms with Crippen molar-refractivity contribution >= 4 is 5.69 Å². The predicted molar refractivity (Wildman–Crippen MR) is 78.9 cm³/mol. The first-order valence-electron chi connectivity index (χ1n) is 6.63. The maximum Gasteiger partial charge on any atom is 0.123 e. The summed E-state index contributed by atoms with van der Waals surface area (Å²) in [4.78, 5) is 2.01. The Hall–Kier alpha value is -1.91. The molecule has 0 saturated heterocycles. The third-order valence-electron chi connectivity index (χ3n) is 3.19. The number of rotatable bonds is 6. The maximum absolute atomic E-state index is 13.3. The molecule has 106 valence electrons. The fraction of sp³-hybridized carbons (Fsp3) is 0.250. The second-order valence-corrected chi connectivity index (χ2v) is 4.61. The third kappa shape index (κ3) is 3.56. The van der Waals surface area contributed by atoms with E-state index in [0.29, 0.717) is 13.1 Å². The second kappa shape index (κ2) is 7.03. The molecular formula is C16H19FN2O. The Morgan fingerprint density at radius 1 is 1.10 bits per heavy atom. The summed E-state index contributed by atoms with van der Waals surface area (Å²) in [5, 5.41) is 9.25. The monoisotopic (exact) mass is 274 g/mol. The zero-order valence-corrected chi connectivity index (χ0v) is 11.3. The van der Waals surface area contributed by atoms with Gasteiger partial charge in [-0.05, 0) is 29.3 Å². The van der Waals surface area contributed by atoms with Crippen LogP contribution < -0.4 is 10.6 Å². The molecule has 0 unspecified atom stereocenters. The largest absolute Gasteiger partial charge is 0.395 e. The molecule has 0 heterocycles. The highest BCUT2D eigenvalue weighted by atomic mass is 19.1. The quantitative estimate of drug-likeness (QED) is 0.849. The molecule has 2 rings (SSSR count). The Kier molecular flexibility index (Phi) is 5.09. The molecule has 0 amide bonds. The number of aliphatic hydroxyl groups is 1. The second-order valence-electron chi connectivity index (χ2n) is 4.61. The first kappa shape index (κ1) is 14.5. The standard InChI is InChI=1S/C16H19FN2O/c17-15-6-7-16(14(10-15)11-18)19(8-9-20)12-13-4-2-1-3-5-13/h1-7,10,20H,8-9,11-12,18H2. The molecule has 0 aliphatic heterocycles. The van der Waals surface area contributed by atoms with E-state index >= 15 is 0 Å². The smallest absolute Gasteiger partial charge is 0.123 e. The van der Waals surface area contributed by atoms with Crippen LogP contribution in [0.1, 0.15) is 11.1 Å². The zero-order chi connectivity index (χ0) is 14.4. The maximum atomic E-state index is 13.3.